The number of nitrogens with one attached hydrogen (secondary N) is 1. The number of ether oxygens (including phenoxy) is 2. The highest BCUT2D eigenvalue weighted by Gasteiger charge is 2.07. The van der Waals surface area contributed by atoms with E-state index in [0.717, 1.165) is 41.4 Å². The van der Waals surface area contributed by atoms with Crippen molar-refractivity contribution in [3.8, 4) is 11.5 Å². The predicted molar refractivity (Wildman–Crippen MR) is 108 cm³/mol. The third-order valence-electron chi connectivity index (χ3n) is 4.43. The summed E-state index contributed by atoms with van der Waals surface area (Å²) in [7, 11) is 1.68. The van der Waals surface area contributed by atoms with Gasteiger partial charge in [0.1, 0.15) is 18.1 Å². The lowest BCUT2D eigenvalue weighted by Gasteiger charge is -2.14. The second-order valence-corrected chi connectivity index (χ2v) is 6.62. The monoisotopic (exact) mass is 362 g/mol. The lowest BCUT2D eigenvalue weighted by atomic mass is 10.1. The van der Waals surface area contributed by atoms with Crippen LogP contribution in [0.15, 0.2) is 60.8 Å². The maximum atomic E-state index is 6.01. The fourth-order valence-corrected chi connectivity index (χ4v) is 3.09. The lowest BCUT2D eigenvalue weighted by Crippen LogP contribution is -2.13. The van der Waals surface area contributed by atoms with E-state index in [2.05, 4.69) is 48.4 Å². The van der Waals surface area contributed by atoms with Crippen LogP contribution in [0.1, 0.15) is 27.9 Å². The molecule has 4 heteroatoms. The Kier molecular flexibility index (Phi) is 6.44. The molecular weight excluding hydrogens is 336 g/mol. The number of benzene rings is 2. The number of aromatic nitrogens is 1. The lowest BCUT2D eigenvalue weighted by molar-refractivity contribution is 0.297. The normalized spacial score (nSPS) is 10.6. The van der Waals surface area contributed by atoms with Gasteiger partial charge in [0.25, 0.3) is 0 Å². The molecule has 0 radical (unpaired) electrons. The first-order valence-corrected chi connectivity index (χ1v) is 9.12. The van der Waals surface area contributed by atoms with Crippen molar-refractivity contribution in [3.05, 3.63) is 88.7 Å². The van der Waals surface area contributed by atoms with E-state index in [1.807, 2.05) is 30.3 Å². The van der Waals surface area contributed by atoms with Crippen LogP contribution < -0.4 is 14.8 Å². The Morgan fingerprint density at radius 3 is 2.22 bits per heavy atom. The average molecular weight is 362 g/mol. The molecule has 4 nitrogen and oxygen atoms in total. The number of pyridine rings is 1. The van der Waals surface area contributed by atoms with Gasteiger partial charge in [-0.3, -0.25) is 4.98 Å². The van der Waals surface area contributed by atoms with Crippen LogP contribution in [0.2, 0.25) is 0 Å². The fourth-order valence-electron chi connectivity index (χ4n) is 3.09. The molecule has 140 valence electrons. The van der Waals surface area contributed by atoms with Crippen molar-refractivity contribution in [1.29, 1.82) is 0 Å². The van der Waals surface area contributed by atoms with Crippen LogP contribution in [0.3, 0.4) is 0 Å². The molecule has 0 aliphatic carbocycles. The zero-order valence-electron chi connectivity index (χ0n) is 16.2. The zero-order valence-corrected chi connectivity index (χ0v) is 16.2. The van der Waals surface area contributed by atoms with Gasteiger partial charge in [-0.05, 0) is 60.4 Å². The SMILES string of the molecule is COc1ccc(CNCc2cc(C)c(OCc3ccccn3)c(C)c2)cc1. The summed E-state index contributed by atoms with van der Waals surface area (Å²) in [5, 5.41) is 3.50. The Morgan fingerprint density at radius 2 is 1.59 bits per heavy atom. The third kappa shape index (κ3) is 5.31. The van der Waals surface area contributed by atoms with Gasteiger partial charge in [0.15, 0.2) is 0 Å². The molecule has 0 saturated heterocycles. The predicted octanol–water partition coefficient (Wildman–Crippen LogP) is 4.58. The van der Waals surface area contributed by atoms with Crippen molar-refractivity contribution < 1.29 is 9.47 Å². The molecule has 0 fully saturated rings. The first kappa shape index (κ1) is 18.9. The Labute approximate surface area is 161 Å². The van der Waals surface area contributed by atoms with E-state index >= 15 is 0 Å². The molecule has 0 aliphatic heterocycles. The molecule has 1 aromatic heterocycles. The summed E-state index contributed by atoms with van der Waals surface area (Å²) in [6.07, 6.45) is 1.79. The molecule has 0 saturated carbocycles. The Hall–Kier alpha value is -2.85. The quantitative estimate of drug-likeness (QED) is 0.637. The van der Waals surface area contributed by atoms with Gasteiger partial charge in [-0.1, -0.05) is 30.3 Å². The summed E-state index contributed by atoms with van der Waals surface area (Å²) in [5.74, 6) is 1.82. The van der Waals surface area contributed by atoms with Crippen LogP contribution >= 0.6 is 0 Å². The zero-order chi connectivity index (χ0) is 19.1. The van der Waals surface area contributed by atoms with E-state index in [0.29, 0.717) is 6.61 Å². The largest absolute Gasteiger partial charge is 0.497 e. The number of rotatable bonds is 8. The van der Waals surface area contributed by atoms with Crippen molar-refractivity contribution in [2.45, 2.75) is 33.5 Å². The van der Waals surface area contributed by atoms with Crippen LogP contribution in [-0.4, -0.2) is 12.1 Å². The molecule has 0 aliphatic rings. The molecular formula is C23H26N2O2. The fraction of sp³-hybridized carbons (Fsp3) is 0.261. The van der Waals surface area contributed by atoms with Crippen LogP contribution in [-0.2, 0) is 19.7 Å². The molecule has 1 N–H and O–H groups in total. The summed E-state index contributed by atoms with van der Waals surface area (Å²) in [4.78, 5) is 4.31. The van der Waals surface area contributed by atoms with Crippen molar-refractivity contribution in [1.82, 2.24) is 10.3 Å². The molecule has 3 aromatic rings. The van der Waals surface area contributed by atoms with E-state index in [4.69, 9.17) is 9.47 Å². The second kappa shape index (κ2) is 9.19. The molecule has 1 heterocycles. The molecule has 0 unspecified atom stereocenters. The number of aryl methyl sites for hydroxylation is 2. The minimum Gasteiger partial charge on any atom is -0.497 e. The molecule has 27 heavy (non-hydrogen) atoms. The first-order chi connectivity index (χ1) is 13.2. The van der Waals surface area contributed by atoms with Crippen LogP contribution in [0.5, 0.6) is 11.5 Å². The van der Waals surface area contributed by atoms with E-state index in [1.54, 1.807) is 13.3 Å². The van der Waals surface area contributed by atoms with Gasteiger partial charge < -0.3 is 14.8 Å². The highest BCUT2D eigenvalue weighted by molar-refractivity contribution is 5.43. The van der Waals surface area contributed by atoms with E-state index < -0.39 is 0 Å². The van der Waals surface area contributed by atoms with Crippen molar-refractivity contribution in [3.63, 3.8) is 0 Å². The maximum absolute atomic E-state index is 6.01. The second-order valence-electron chi connectivity index (χ2n) is 6.62. The van der Waals surface area contributed by atoms with Crippen molar-refractivity contribution in [2.75, 3.05) is 7.11 Å². The van der Waals surface area contributed by atoms with Gasteiger partial charge in [0.05, 0.1) is 12.8 Å². The summed E-state index contributed by atoms with van der Waals surface area (Å²) >= 11 is 0. The number of nitrogens with zero attached hydrogens (tertiary/aromatic N) is 1. The minimum atomic E-state index is 0.484. The molecule has 0 amide bonds. The Morgan fingerprint density at radius 1 is 0.889 bits per heavy atom. The topological polar surface area (TPSA) is 43.4 Å². The van der Waals surface area contributed by atoms with Gasteiger partial charge in [-0.2, -0.15) is 0 Å². The van der Waals surface area contributed by atoms with Crippen molar-refractivity contribution in [2.24, 2.45) is 0 Å². The Bertz CT molecular complexity index is 838. The van der Waals surface area contributed by atoms with Gasteiger partial charge in [-0.25, -0.2) is 0 Å². The van der Waals surface area contributed by atoms with E-state index in [-0.39, 0.29) is 0 Å². The van der Waals surface area contributed by atoms with Gasteiger partial charge in [-0.15, -0.1) is 0 Å². The Balaban J connectivity index is 1.56. The highest BCUT2D eigenvalue weighted by Crippen LogP contribution is 2.25. The highest BCUT2D eigenvalue weighted by atomic mass is 16.5. The molecule has 0 spiro atoms. The standard InChI is InChI=1S/C23H26N2O2/c1-17-12-20(15-24-14-19-7-9-22(26-3)10-8-19)13-18(2)23(17)27-16-21-6-4-5-11-25-21/h4-13,24H,14-16H2,1-3H3. The molecule has 2 aromatic carbocycles. The average Bonchev–Trinajstić information content (AvgIpc) is 2.69. The minimum absolute atomic E-state index is 0.484. The summed E-state index contributed by atoms with van der Waals surface area (Å²) in [5.41, 5.74) is 5.71. The van der Waals surface area contributed by atoms with Gasteiger partial charge >= 0.3 is 0 Å². The number of methoxy groups -OCH3 is 1. The van der Waals surface area contributed by atoms with Gasteiger partial charge in [0, 0.05) is 19.3 Å². The molecule has 3 rings (SSSR count). The van der Waals surface area contributed by atoms with Crippen LogP contribution in [0.4, 0.5) is 0 Å². The third-order valence-corrected chi connectivity index (χ3v) is 4.43. The summed E-state index contributed by atoms with van der Waals surface area (Å²) in [6, 6.07) is 18.4. The van der Waals surface area contributed by atoms with Crippen LogP contribution in [0, 0.1) is 13.8 Å². The number of hydrogen-bond acceptors (Lipinski definition) is 4. The molecule has 0 atom stereocenters. The molecule has 0 bridgehead atoms. The van der Waals surface area contributed by atoms with Crippen LogP contribution in [0.25, 0.3) is 0 Å². The van der Waals surface area contributed by atoms with E-state index in [9.17, 15) is 0 Å². The maximum Gasteiger partial charge on any atom is 0.130 e. The van der Waals surface area contributed by atoms with Gasteiger partial charge in [0.2, 0.25) is 0 Å². The van der Waals surface area contributed by atoms with E-state index in [1.165, 1.54) is 11.1 Å². The van der Waals surface area contributed by atoms with Crippen molar-refractivity contribution >= 4 is 0 Å². The summed E-state index contributed by atoms with van der Waals surface area (Å²) < 4.78 is 11.2. The first-order valence-electron chi connectivity index (χ1n) is 9.12. The summed E-state index contributed by atoms with van der Waals surface area (Å²) in [6.45, 7) is 6.30. The smallest absolute Gasteiger partial charge is 0.130 e. The number of hydrogen-bond donors (Lipinski definition) is 1.